The first-order chi connectivity index (χ1) is 16.4. The Labute approximate surface area is 202 Å². The molecule has 0 aliphatic rings. The van der Waals surface area contributed by atoms with Crippen molar-refractivity contribution >= 4 is 29.3 Å². The second-order valence-corrected chi connectivity index (χ2v) is 8.90. The molecule has 1 heterocycles. The number of nitrogens with zero attached hydrogens (tertiary/aromatic N) is 4. The van der Waals surface area contributed by atoms with Crippen LogP contribution < -0.4 is 5.32 Å². The highest BCUT2D eigenvalue weighted by molar-refractivity contribution is 7.99. The van der Waals surface area contributed by atoms with Gasteiger partial charge in [0.2, 0.25) is 5.91 Å². The third kappa shape index (κ3) is 5.35. The molecule has 0 saturated carbocycles. The molecule has 4 rings (SSSR count). The van der Waals surface area contributed by atoms with Crippen molar-refractivity contribution in [3.8, 4) is 17.1 Å². The van der Waals surface area contributed by atoms with Crippen molar-refractivity contribution in [2.45, 2.75) is 12.1 Å². The number of thioether (sulfide) groups is 1. The highest BCUT2D eigenvalue weighted by atomic mass is 32.2. The van der Waals surface area contributed by atoms with Gasteiger partial charge in [-0.3, -0.25) is 14.2 Å². The zero-order valence-corrected chi connectivity index (χ0v) is 20.0. The summed E-state index contributed by atoms with van der Waals surface area (Å²) in [6.07, 6.45) is 0. The number of rotatable bonds is 7. The quantitative estimate of drug-likeness (QED) is 0.396. The van der Waals surface area contributed by atoms with E-state index in [1.807, 2.05) is 66.1 Å². The molecule has 34 heavy (non-hydrogen) atoms. The predicted molar refractivity (Wildman–Crippen MR) is 135 cm³/mol. The van der Waals surface area contributed by atoms with Gasteiger partial charge in [-0.25, -0.2) is 0 Å². The number of nitrogens with one attached hydrogen (secondary N) is 1. The van der Waals surface area contributed by atoms with Gasteiger partial charge in [0.1, 0.15) is 0 Å². The third-order valence-corrected chi connectivity index (χ3v) is 6.04. The Balaban J connectivity index is 1.50. The molecule has 0 fully saturated rings. The maximum atomic E-state index is 12.6. The van der Waals surface area contributed by atoms with Crippen LogP contribution in [0.3, 0.4) is 0 Å². The normalized spacial score (nSPS) is 10.7. The smallest absolute Gasteiger partial charge is 0.253 e. The van der Waals surface area contributed by atoms with Crippen LogP contribution in [-0.2, 0) is 4.79 Å². The van der Waals surface area contributed by atoms with Crippen molar-refractivity contribution in [1.29, 1.82) is 0 Å². The van der Waals surface area contributed by atoms with Gasteiger partial charge >= 0.3 is 0 Å². The van der Waals surface area contributed by atoms with Crippen LogP contribution in [0.25, 0.3) is 17.1 Å². The van der Waals surface area contributed by atoms with Crippen LogP contribution in [0.4, 0.5) is 5.69 Å². The minimum atomic E-state index is -0.170. The van der Waals surface area contributed by atoms with Gasteiger partial charge in [0, 0.05) is 36.6 Å². The Hall–Kier alpha value is -3.91. The lowest BCUT2D eigenvalue weighted by Crippen LogP contribution is -2.21. The summed E-state index contributed by atoms with van der Waals surface area (Å²) in [6.45, 7) is 2.04. The fourth-order valence-electron chi connectivity index (χ4n) is 3.35. The molecule has 2 amide bonds. The summed E-state index contributed by atoms with van der Waals surface area (Å²) >= 11 is 1.32. The zero-order chi connectivity index (χ0) is 24.1. The molecular weight excluding hydrogens is 446 g/mol. The molecule has 3 aromatic carbocycles. The molecule has 1 N–H and O–H groups in total. The number of carbonyl (C=O) groups is 2. The summed E-state index contributed by atoms with van der Waals surface area (Å²) in [4.78, 5) is 26.2. The van der Waals surface area contributed by atoms with Gasteiger partial charge in [0.15, 0.2) is 11.0 Å². The Bertz CT molecular complexity index is 1280. The summed E-state index contributed by atoms with van der Waals surface area (Å²) in [7, 11) is 3.40. The van der Waals surface area contributed by atoms with Crippen molar-refractivity contribution in [1.82, 2.24) is 19.7 Å². The van der Waals surface area contributed by atoms with E-state index in [-0.39, 0.29) is 17.6 Å². The second kappa shape index (κ2) is 10.4. The number of aryl methyl sites for hydroxylation is 1. The summed E-state index contributed by atoms with van der Waals surface area (Å²) in [5, 5.41) is 12.3. The molecule has 0 aliphatic carbocycles. The van der Waals surface area contributed by atoms with E-state index in [0.29, 0.717) is 22.2 Å². The Morgan fingerprint density at radius 3 is 2.24 bits per heavy atom. The van der Waals surface area contributed by atoms with Crippen LogP contribution in [0, 0.1) is 6.92 Å². The summed E-state index contributed by atoms with van der Waals surface area (Å²) < 4.78 is 1.97. The first kappa shape index (κ1) is 23.3. The van der Waals surface area contributed by atoms with Gasteiger partial charge in [-0.05, 0) is 43.3 Å². The highest BCUT2D eigenvalue weighted by Crippen LogP contribution is 2.28. The van der Waals surface area contributed by atoms with E-state index in [9.17, 15) is 9.59 Å². The van der Waals surface area contributed by atoms with E-state index < -0.39 is 0 Å². The standard InChI is InChI=1S/C26H25N5O2S/c1-18-9-15-22(16-10-18)31-24(19-7-5-4-6-8-19)28-29-26(31)34-17-23(32)27-21-13-11-20(12-14-21)25(33)30(2)3/h4-16H,17H2,1-3H3,(H,27,32). The van der Waals surface area contributed by atoms with E-state index in [2.05, 4.69) is 15.5 Å². The molecule has 0 bridgehead atoms. The molecular formula is C26H25N5O2S. The average molecular weight is 472 g/mol. The predicted octanol–water partition coefficient (Wildman–Crippen LogP) is 4.68. The van der Waals surface area contributed by atoms with Crippen molar-refractivity contribution in [2.75, 3.05) is 25.2 Å². The lowest BCUT2D eigenvalue weighted by molar-refractivity contribution is -0.113. The highest BCUT2D eigenvalue weighted by Gasteiger charge is 2.17. The molecule has 172 valence electrons. The molecule has 4 aromatic rings. The zero-order valence-electron chi connectivity index (χ0n) is 19.2. The molecule has 0 atom stereocenters. The topological polar surface area (TPSA) is 80.1 Å². The molecule has 1 aromatic heterocycles. The van der Waals surface area contributed by atoms with Gasteiger partial charge in [-0.1, -0.05) is 59.8 Å². The Morgan fingerprint density at radius 1 is 0.912 bits per heavy atom. The number of carbonyl (C=O) groups excluding carboxylic acids is 2. The summed E-state index contributed by atoms with van der Waals surface area (Å²) in [6, 6.07) is 24.8. The first-order valence-electron chi connectivity index (χ1n) is 10.7. The van der Waals surface area contributed by atoms with E-state index in [1.54, 1.807) is 38.4 Å². The van der Waals surface area contributed by atoms with Gasteiger partial charge < -0.3 is 10.2 Å². The van der Waals surface area contributed by atoms with Crippen molar-refractivity contribution in [2.24, 2.45) is 0 Å². The van der Waals surface area contributed by atoms with Crippen molar-refractivity contribution in [3.05, 3.63) is 90.0 Å². The van der Waals surface area contributed by atoms with Crippen LogP contribution in [0.2, 0.25) is 0 Å². The average Bonchev–Trinajstić information content (AvgIpc) is 3.28. The molecule has 0 aliphatic heterocycles. The van der Waals surface area contributed by atoms with Gasteiger partial charge in [0.25, 0.3) is 5.91 Å². The maximum absolute atomic E-state index is 12.6. The monoisotopic (exact) mass is 471 g/mol. The lowest BCUT2D eigenvalue weighted by atomic mass is 10.2. The van der Waals surface area contributed by atoms with Gasteiger partial charge in [0.05, 0.1) is 5.75 Å². The minimum Gasteiger partial charge on any atom is -0.345 e. The van der Waals surface area contributed by atoms with Crippen LogP contribution >= 0.6 is 11.8 Å². The SMILES string of the molecule is Cc1ccc(-n2c(SCC(=O)Nc3ccc(C(=O)N(C)C)cc3)nnc2-c2ccccc2)cc1. The van der Waals surface area contributed by atoms with Crippen LogP contribution in [-0.4, -0.2) is 51.3 Å². The van der Waals surface area contributed by atoms with E-state index in [4.69, 9.17) is 0 Å². The first-order valence-corrected chi connectivity index (χ1v) is 11.7. The number of aromatic nitrogens is 3. The molecule has 8 heteroatoms. The number of benzene rings is 3. The van der Waals surface area contributed by atoms with Gasteiger partial charge in [-0.2, -0.15) is 0 Å². The van der Waals surface area contributed by atoms with E-state index in [0.717, 1.165) is 16.8 Å². The Kier molecular flexibility index (Phi) is 7.08. The van der Waals surface area contributed by atoms with Crippen LogP contribution in [0.5, 0.6) is 0 Å². The van der Waals surface area contributed by atoms with Crippen LogP contribution in [0.1, 0.15) is 15.9 Å². The number of amides is 2. The third-order valence-electron chi connectivity index (χ3n) is 5.11. The summed E-state index contributed by atoms with van der Waals surface area (Å²) in [5.41, 5.74) is 4.23. The second-order valence-electron chi connectivity index (χ2n) is 7.96. The van der Waals surface area contributed by atoms with Crippen molar-refractivity contribution < 1.29 is 9.59 Å². The minimum absolute atomic E-state index is 0.0851. The Morgan fingerprint density at radius 2 is 1.59 bits per heavy atom. The largest absolute Gasteiger partial charge is 0.345 e. The molecule has 0 radical (unpaired) electrons. The summed E-state index contributed by atoms with van der Waals surface area (Å²) in [5.74, 6) is 0.625. The molecule has 7 nitrogen and oxygen atoms in total. The van der Waals surface area contributed by atoms with E-state index >= 15 is 0 Å². The number of anilines is 1. The fraction of sp³-hybridized carbons (Fsp3) is 0.154. The molecule has 0 spiro atoms. The number of hydrogen-bond donors (Lipinski definition) is 1. The van der Waals surface area contributed by atoms with Crippen LogP contribution in [0.15, 0.2) is 84.0 Å². The van der Waals surface area contributed by atoms with E-state index in [1.165, 1.54) is 16.7 Å². The van der Waals surface area contributed by atoms with Gasteiger partial charge in [-0.15, -0.1) is 10.2 Å². The molecule has 0 unspecified atom stereocenters. The fourth-order valence-corrected chi connectivity index (χ4v) is 4.10. The number of hydrogen-bond acceptors (Lipinski definition) is 5. The lowest BCUT2D eigenvalue weighted by Gasteiger charge is -2.12. The van der Waals surface area contributed by atoms with Crippen molar-refractivity contribution in [3.63, 3.8) is 0 Å². The molecule has 0 saturated heterocycles. The maximum Gasteiger partial charge on any atom is 0.253 e.